The number of pyridine rings is 1. The van der Waals surface area contributed by atoms with Crippen molar-refractivity contribution in [3.05, 3.63) is 18.5 Å². The Balaban J connectivity index is 1.96. The molecule has 1 fully saturated rings. The zero-order valence-corrected chi connectivity index (χ0v) is 9.84. The Bertz CT molecular complexity index is 536. The number of fused-ring (bicyclic) bond motifs is 1. The lowest BCUT2D eigenvalue weighted by Crippen LogP contribution is -2.18. The average Bonchev–Trinajstić information content (AvgIpc) is 2.85. The number of imidazole rings is 1. The molecule has 1 aliphatic rings. The molecular formula is C12H16N4O. The molecule has 0 bridgehead atoms. The molecule has 0 spiro atoms. The van der Waals surface area contributed by atoms with Crippen LogP contribution in [-0.2, 0) is 11.3 Å². The summed E-state index contributed by atoms with van der Waals surface area (Å²) >= 11 is 0. The molecule has 5 nitrogen and oxygen atoms in total. The van der Waals surface area contributed by atoms with Gasteiger partial charge in [0.15, 0.2) is 0 Å². The van der Waals surface area contributed by atoms with Crippen LogP contribution in [0.4, 0.5) is 5.95 Å². The third-order valence-electron chi connectivity index (χ3n) is 3.53. The van der Waals surface area contributed by atoms with Crippen LogP contribution in [0.2, 0.25) is 0 Å². The van der Waals surface area contributed by atoms with Gasteiger partial charge in [-0.1, -0.05) is 0 Å². The number of hydrogen-bond acceptors (Lipinski definition) is 4. The van der Waals surface area contributed by atoms with Crippen LogP contribution in [-0.4, -0.2) is 27.2 Å². The number of nitrogen functional groups attached to an aromatic ring is 1. The highest BCUT2D eigenvalue weighted by Crippen LogP contribution is 2.25. The second-order valence-corrected chi connectivity index (χ2v) is 4.57. The maximum absolute atomic E-state index is 5.96. The molecule has 2 aromatic rings. The first kappa shape index (κ1) is 10.5. The molecular weight excluding hydrogens is 216 g/mol. The first-order chi connectivity index (χ1) is 8.25. The van der Waals surface area contributed by atoms with Gasteiger partial charge in [-0.2, -0.15) is 0 Å². The van der Waals surface area contributed by atoms with E-state index in [4.69, 9.17) is 10.5 Å². The molecule has 0 saturated carbocycles. The predicted molar refractivity (Wildman–Crippen MR) is 65.5 cm³/mol. The highest BCUT2D eigenvalue weighted by atomic mass is 16.5. The first-order valence-electron chi connectivity index (χ1n) is 5.93. The van der Waals surface area contributed by atoms with E-state index in [2.05, 4.69) is 21.5 Å². The zero-order chi connectivity index (χ0) is 11.8. The highest BCUT2D eigenvalue weighted by molar-refractivity contribution is 5.77. The Labute approximate surface area is 99.6 Å². The van der Waals surface area contributed by atoms with Gasteiger partial charge in [0.25, 0.3) is 0 Å². The molecule has 1 saturated heterocycles. The highest BCUT2D eigenvalue weighted by Gasteiger charge is 2.25. The fourth-order valence-corrected chi connectivity index (χ4v) is 2.44. The summed E-state index contributed by atoms with van der Waals surface area (Å²) < 4.78 is 7.64. The van der Waals surface area contributed by atoms with Crippen molar-refractivity contribution >= 4 is 17.0 Å². The van der Waals surface area contributed by atoms with Gasteiger partial charge in [-0.05, 0) is 19.4 Å². The minimum Gasteiger partial charge on any atom is -0.378 e. The normalized spacial score (nSPS) is 24.5. The van der Waals surface area contributed by atoms with Crippen LogP contribution < -0.4 is 5.73 Å². The van der Waals surface area contributed by atoms with Crippen molar-refractivity contribution in [2.75, 3.05) is 12.3 Å². The Morgan fingerprint density at radius 1 is 1.59 bits per heavy atom. The second kappa shape index (κ2) is 4.00. The largest absolute Gasteiger partial charge is 0.378 e. The smallest absolute Gasteiger partial charge is 0.201 e. The number of nitrogens with zero attached hydrogens (tertiary/aromatic N) is 3. The van der Waals surface area contributed by atoms with Gasteiger partial charge in [-0.25, -0.2) is 4.98 Å². The van der Waals surface area contributed by atoms with Crippen molar-refractivity contribution < 1.29 is 4.74 Å². The Morgan fingerprint density at radius 3 is 3.24 bits per heavy atom. The van der Waals surface area contributed by atoms with Crippen LogP contribution in [0, 0.1) is 5.92 Å². The van der Waals surface area contributed by atoms with Crippen molar-refractivity contribution in [1.82, 2.24) is 14.5 Å². The van der Waals surface area contributed by atoms with E-state index in [0.29, 0.717) is 18.0 Å². The van der Waals surface area contributed by atoms with E-state index in [1.54, 1.807) is 12.4 Å². The zero-order valence-electron chi connectivity index (χ0n) is 9.84. The fraction of sp³-hybridized carbons (Fsp3) is 0.500. The first-order valence-corrected chi connectivity index (χ1v) is 5.93. The van der Waals surface area contributed by atoms with Crippen LogP contribution in [0.3, 0.4) is 0 Å². The lowest BCUT2D eigenvalue weighted by Gasteiger charge is -2.15. The van der Waals surface area contributed by atoms with Crippen LogP contribution in [0.25, 0.3) is 11.0 Å². The number of ether oxygens (including phenoxy) is 1. The molecule has 2 atom stereocenters. The van der Waals surface area contributed by atoms with E-state index in [1.807, 2.05) is 6.07 Å². The lowest BCUT2D eigenvalue weighted by atomic mass is 10.0. The fourth-order valence-electron chi connectivity index (χ4n) is 2.44. The summed E-state index contributed by atoms with van der Waals surface area (Å²) in [4.78, 5) is 8.38. The van der Waals surface area contributed by atoms with Crippen molar-refractivity contribution in [2.24, 2.45) is 5.92 Å². The maximum Gasteiger partial charge on any atom is 0.201 e. The average molecular weight is 232 g/mol. The molecule has 3 rings (SSSR count). The molecule has 2 unspecified atom stereocenters. The topological polar surface area (TPSA) is 66.0 Å². The third-order valence-corrected chi connectivity index (χ3v) is 3.53. The van der Waals surface area contributed by atoms with Crippen molar-refractivity contribution in [2.45, 2.75) is 26.0 Å². The number of anilines is 1. The van der Waals surface area contributed by atoms with Crippen molar-refractivity contribution in [1.29, 1.82) is 0 Å². The molecule has 0 amide bonds. The summed E-state index contributed by atoms with van der Waals surface area (Å²) in [6.07, 6.45) is 4.91. The van der Waals surface area contributed by atoms with E-state index >= 15 is 0 Å². The van der Waals surface area contributed by atoms with Gasteiger partial charge in [0.2, 0.25) is 5.95 Å². The SMILES string of the molecule is CC1OCCC1Cn1c(N)nc2cnccc21. The molecule has 3 heterocycles. The summed E-state index contributed by atoms with van der Waals surface area (Å²) in [5.41, 5.74) is 7.87. The minimum atomic E-state index is 0.300. The third kappa shape index (κ3) is 1.76. The standard InChI is InChI=1S/C12H16N4O/c1-8-9(3-5-17-8)7-16-11-2-4-14-6-10(11)15-12(16)13/h2,4,6,8-9H,3,5,7H2,1H3,(H2,13,15). The summed E-state index contributed by atoms with van der Waals surface area (Å²) in [7, 11) is 0. The minimum absolute atomic E-state index is 0.300. The molecule has 2 aromatic heterocycles. The monoisotopic (exact) mass is 232 g/mol. The maximum atomic E-state index is 5.96. The Morgan fingerprint density at radius 2 is 2.47 bits per heavy atom. The van der Waals surface area contributed by atoms with Gasteiger partial charge in [-0.3, -0.25) is 4.98 Å². The summed E-state index contributed by atoms with van der Waals surface area (Å²) in [6.45, 7) is 3.84. The molecule has 17 heavy (non-hydrogen) atoms. The van der Waals surface area contributed by atoms with Gasteiger partial charge >= 0.3 is 0 Å². The lowest BCUT2D eigenvalue weighted by molar-refractivity contribution is 0.102. The van der Waals surface area contributed by atoms with E-state index in [0.717, 1.165) is 30.6 Å². The number of rotatable bonds is 2. The quantitative estimate of drug-likeness (QED) is 0.850. The summed E-state index contributed by atoms with van der Waals surface area (Å²) in [6, 6.07) is 1.96. The molecule has 90 valence electrons. The predicted octanol–water partition coefficient (Wildman–Crippen LogP) is 1.44. The van der Waals surface area contributed by atoms with Crippen molar-refractivity contribution in [3.63, 3.8) is 0 Å². The number of nitrogens with two attached hydrogens (primary N) is 1. The van der Waals surface area contributed by atoms with E-state index in [-0.39, 0.29) is 0 Å². The van der Waals surface area contributed by atoms with Crippen LogP contribution in [0.5, 0.6) is 0 Å². The Kier molecular flexibility index (Phi) is 2.48. The van der Waals surface area contributed by atoms with Crippen LogP contribution in [0.15, 0.2) is 18.5 Å². The second-order valence-electron chi connectivity index (χ2n) is 4.57. The van der Waals surface area contributed by atoms with Gasteiger partial charge in [0.05, 0.1) is 17.8 Å². The summed E-state index contributed by atoms with van der Waals surface area (Å²) in [5, 5.41) is 0. The van der Waals surface area contributed by atoms with Gasteiger partial charge < -0.3 is 15.0 Å². The number of hydrogen-bond donors (Lipinski definition) is 1. The molecule has 1 aliphatic heterocycles. The molecule has 0 radical (unpaired) electrons. The van der Waals surface area contributed by atoms with Gasteiger partial charge in [-0.15, -0.1) is 0 Å². The molecule has 2 N–H and O–H groups in total. The van der Waals surface area contributed by atoms with E-state index in [9.17, 15) is 0 Å². The molecule has 0 aromatic carbocycles. The van der Waals surface area contributed by atoms with Crippen molar-refractivity contribution in [3.8, 4) is 0 Å². The van der Waals surface area contributed by atoms with E-state index < -0.39 is 0 Å². The van der Waals surface area contributed by atoms with Gasteiger partial charge in [0, 0.05) is 25.3 Å². The van der Waals surface area contributed by atoms with Crippen LogP contribution >= 0.6 is 0 Å². The van der Waals surface area contributed by atoms with E-state index in [1.165, 1.54) is 0 Å². The molecule has 0 aliphatic carbocycles. The van der Waals surface area contributed by atoms with Crippen LogP contribution in [0.1, 0.15) is 13.3 Å². The van der Waals surface area contributed by atoms with Gasteiger partial charge in [0.1, 0.15) is 5.52 Å². The summed E-state index contributed by atoms with van der Waals surface area (Å²) in [5.74, 6) is 1.08. The number of aromatic nitrogens is 3. The Hall–Kier alpha value is -1.62. The molecule has 5 heteroatoms.